The molecule has 9 heteroatoms. The summed E-state index contributed by atoms with van der Waals surface area (Å²) in [6.07, 6.45) is 3.20. The number of rotatable bonds is 4. The van der Waals surface area contributed by atoms with Gasteiger partial charge in [0, 0.05) is 23.0 Å². The minimum Gasteiger partial charge on any atom is -0.396 e. The van der Waals surface area contributed by atoms with Crippen molar-refractivity contribution in [3.8, 4) is 11.4 Å². The van der Waals surface area contributed by atoms with Crippen LogP contribution in [-0.2, 0) is 6.54 Å². The van der Waals surface area contributed by atoms with Gasteiger partial charge in [-0.25, -0.2) is 4.39 Å². The van der Waals surface area contributed by atoms with Gasteiger partial charge in [-0.05, 0) is 24.3 Å². The van der Waals surface area contributed by atoms with Crippen molar-refractivity contribution in [1.82, 2.24) is 20.4 Å². The number of hydrogen-bond donors (Lipinski definition) is 2. The highest BCUT2D eigenvalue weighted by molar-refractivity contribution is 6.31. The maximum Gasteiger partial charge on any atom is 0.253 e. The van der Waals surface area contributed by atoms with Gasteiger partial charge >= 0.3 is 0 Å². The van der Waals surface area contributed by atoms with Gasteiger partial charge < -0.3 is 15.6 Å². The molecule has 0 spiro atoms. The van der Waals surface area contributed by atoms with Gasteiger partial charge in [0.2, 0.25) is 11.7 Å². The number of anilines is 1. The number of nitrogens with zero attached hydrogens (tertiary/aromatic N) is 3. The van der Waals surface area contributed by atoms with E-state index in [4.69, 9.17) is 21.9 Å². The minimum atomic E-state index is -0.759. The van der Waals surface area contributed by atoms with E-state index in [1.54, 1.807) is 24.5 Å². The summed E-state index contributed by atoms with van der Waals surface area (Å²) in [5, 5.41) is 6.41. The van der Waals surface area contributed by atoms with E-state index in [0.29, 0.717) is 5.82 Å². The van der Waals surface area contributed by atoms with Crippen LogP contribution in [-0.4, -0.2) is 21.0 Å². The number of nitrogens with one attached hydrogen (secondary N) is 1. The molecule has 0 aliphatic carbocycles. The maximum atomic E-state index is 13.5. The van der Waals surface area contributed by atoms with E-state index in [9.17, 15) is 9.18 Å². The van der Waals surface area contributed by atoms with Crippen molar-refractivity contribution >= 4 is 23.2 Å². The lowest BCUT2D eigenvalue weighted by atomic mass is 10.1. The summed E-state index contributed by atoms with van der Waals surface area (Å²) in [6.45, 7) is -0.0372. The third-order valence-electron chi connectivity index (χ3n) is 3.15. The summed E-state index contributed by atoms with van der Waals surface area (Å²) >= 11 is 5.73. The summed E-state index contributed by atoms with van der Waals surface area (Å²) in [5.41, 5.74) is 5.94. The van der Waals surface area contributed by atoms with Crippen molar-refractivity contribution in [2.24, 2.45) is 0 Å². The number of benzene rings is 1. The second-order valence-corrected chi connectivity index (χ2v) is 5.22. The first kappa shape index (κ1) is 15.9. The number of amides is 1. The molecule has 2 aromatic heterocycles. The van der Waals surface area contributed by atoms with Gasteiger partial charge in [0.1, 0.15) is 5.82 Å². The first-order chi connectivity index (χ1) is 11.5. The molecule has 0 unspecified atom stereocenters. The van der Waals surface area contributed by atoms with E-state index >= 15 is 0 Å². The lowest BCUT2D eigenvalue weighted by Crippen LogP contribution is -2.24. The molecule has 2 heterocycles. The van der Waals surface area contributed by atoms with Crippen LogP contribution in [0.2, 0.25) is 5.02 Å². The molecule has 3 rings (SSSR count). The largest absolute Gasteiger partial charge is 0.396 e. The molecule has 0 aliphatic heterocycles. The van der Waals surface area contributed by atoms with Crippen molar-refractivity contribution in [2.45, 2.75) is 6.54 Å². The van der Waals surface area contributed by atoms with Gasteiger partial charge in [0.25, 0.3) is 5.91 Å². The Morgan fingerprint density at radius 2 is 2.08 bits per heavy atom. The number of nitrogen functional groups attached to an aromatic ring is 1. The Bertz CT molecular complexity index is 885. The molecule has 1 aromatic carbocycles. The topological polar surface area (TPSA) is 107 Å². The fourth-order valence-electron chi connectivity index (χ4n) is 1.97. The smallest absolute Gasteiger partial charge is 0.253 e. The minimum absolute atomic E-state index is 0.0372. The molecule has 24 heavy (non-hydrogen) atoms. The fourth-order valence-corrected chi connectivity index (χ4v) is 2.17. The van der Waals surface area contributed by atoms with Crippen LogP contribution in [0.15, 0.2) is 41.2 Å². The van der Waals surface area contributed by atoms with Crippen molar-refractivity contribution < 1.29 is 13.7 Å². The molecular formula is C15H11ClFN5O2. The number of halogens is 2. The number of aromatic nitrogens is 3. The first-order valence-corrected chi connectivity index (χ1v) is 7.18. The highest BCUT2D eigenvalue weighted by Gasteiger charge is 2.16. The molecular weight excluding hydrogens is 337 g/mol. The van der Waals surface area contributed by atoms with Crippen LogP contribution >= 0.6 is 11.6 Å². The number of hydrogen-bond acceptors (Lipinski definition) is 6. The van der Waals surface area contributed by atoms with Gasteiger partial charge in [-0.15, -0.1) is 0 Å². The molecule has 0 fully saturated rings. The molecule has 3 aromatic rings. The zero-order valence-corrected chi connectivity index (χ0v) is 12.9. The van der Waals surface area contributed by atoms with Crippen LogP contribution in [0, 0.1) is 5.82 Å². The van der Waals surface area contributed by atoms with Crippen LogP contribution < -0.4 is 11.1 Å². The van der Waals surface area contributed by atoms with Gasteiger partial charge in [0.05, 0.1) is 17.8 Å². The van der Waals surface area contributed by atoms with Gasteiger partial charge in [-0.2, -0.15) is 4.98 Å². The van der Waals surface area contributed by atoms with Crippen molar-refractivity contribution in [3.63, 3.8) is 0 Å². The van der Waals surface area contributed by atoms with Gasteiger partial charge in [0.15, 0.2) is 0 Å². The standard InChI is InChI=1S/C15H11ClFN5O2/c16-9-5-10(13(18)11(17)6-9)15(23)20-7-12-21-14(22-24-12)8-1-3-19-4-2-8/h1-6H,7,18H2,(H,20,23). The van der Waals surface area contributed by atoms with E-state index in [1.165, 1.54) is 6.07 Å². The number of carbonyl (C=O) groups is 1. The highest BCUT2D eigenvalue weighted by atomic mass is 35.5. The molecule has 122 valence electrons. The molecule has 0 saturated carbocycles. The van der Waals surface area contributed by atoms with Crippen LogP contribution in [0.25, 0.3) is 11.4 Å². The summed E-state index contributed by atoms with van der Waals surface area (Å²) in [4.78, 5) is 20.2. The zero-order valence-electron chi connectivity index (χ0n) is 12.2. The molecule has 0 aliphatic rings. The van der Waals surface area contributed by atoms with E-state index in [-0.39, 0.29) is 28.7 Å². The number of nitrogens with two attached hydrogens (primary N) is 1. The van der Waals surface area contributed by atoms with Crippen LogP contribution in [0.4, 0.5) is 10.1 Å². The Hall–Kier alpha value is -3.00. The predicted octanol–water partition coefficient (Wildman–Crippen LogP) is 2.44. The van der Waals surface area contributed by atoms with Crippen LogP contribution in [0.3, 0.4) is 0 Å². The SMILES string of the molecule is Nc1c(F)cc(Cl)cc1C(=O)NCc1nc(-c2ccncc2)no1. The summed E-state index contributed by atoms with van der Waals surface area (Å²) < 4.78 is 18.6. The molecule has 3 N–H and O–H groups in total. The summed E-state index contributed by atoms with van der Waals surface area (Å²) in [7, 11) is 0. The Morgan fingerprint density at radius 1 is 1.33 bits per heavy atom. The van der Waals surface area contributed by atoms with E-state index in [2.05, 4.69) is 20.4 Å². The maximum absolute atomic E-state index is 13.5. The lowest BCUT2D eigenvalue weighted by molar-refractivity contribution is 0.0947. The highest BCUT2D eigenvalue weighted by Crippen LogP contribution is 2.22. The van der Waals surface area contributed by atoms with E-state index in [1.807, 2.05) is 0 Å². The third-order valence-corrected chi connectivity index (χ3v) is 3.36. The number of pyridine rings is 1. The molecule has 0 bridgehead atoms. The summed E-state index contributed by atoms with van der Waals surface area (Å²) in [5.74, 6) is -0.797. The third kappa shape index (κ3) is 3.33. The fraction of sp³-hybridized carbons (Fsp3) is 0.0667. The van der Waals surface area contributed by atoms with Crippen molar-refractivity contribution in [3.05, 3.63) is 59.0 Å². The predicted molar refractivity (Wildman–Crippen MR) is 84.5 cm³/mol. The molecule has 1 amide bonds. The second-order valence-electron chi connectivity index (χ2n) is 4.78. The molecule has 0 atom stereocenters. The Labute approximate surface area is 140 Å². The van der Waals surface area contributed by atoms with E-state index < -0.39 is 11.7 Å². The van der Waals surface area contributed by atoms with Crippen molar-refractivity contribution in [1.29, 1.82) is 0 Å². The van der Waals surface area contributed by atoms with Crippen molar-refractivity contribution in [2.75, 3.05) is 5.73 Å². The molecule has 7 nitrogen and oxygen atoms in total. The van der Waals surface area contributed by atoms with E-state index in [0.717, 1.165) is 11.6 Å². The average molecular weight is 348 g/mol. The van der Waals surface area contributed by atoms with Gasteiger partial charge in [-0.1, -0.05) is 16.8 Å². The van der Waals surface area contributed by atoms with Crippen LogP contribution in [0.1, 0.15) is 16.2 Å². The quantitative estimate of drug-likeness (QED) is 0.702. The Morgan fingerprint density at radius 3 is 2.83 bits per heavy atom. The Balaban J connectivity index is 1.70. The number of carbonyl (C=O) groups excluding carboxylic acids is 1. The second kappa shape index (κ2) is 6.63. The average Bonchev–Trinajstić information content (AvgIpc) is 3.06. The first-order valence-electron chi connectivity index (χ1n) is 6.80. The van der Waals surface area contributed by atoms with Crippen LogP contribution in [0.5, 0.6) is 0 Å². The monoisotopic (exact) mass is 347 g/mol. The zero-order chi connectivity index (χ0) is 17.1. The Kier molecular flexibility index (Phi) is 4.39. The summed E-state index contributed by atoms with van der Waals surface area (Å²) in [6, 6.07) is 5.77. The normalized spacial score (nSPS) is 10.6. The molecule has 0 saturated heterocycles. The lowest BCUT2D eigenvalue weighted by Gasteiger charge is -2.07. The van der Waals surface area contributed by atoms with Gasteiger partial charge in [-0.3, -0.25) is 9.78 Å². The molecule has 0 radical (unpaired) electrons.